The minimum atomic E-state index is -1.66. The number of nitrogens with zero attached hydrogens (tertiary/aromatic N) is 10. The molecule has 5 aliphatic heterocycles. The molecular weight excluding hydrogens is 1420 g/mol. The third kappa shape index (κ3) is 15.1. The maximum atomic E-state index is 14.9. The molecule has 18 nitrogen and oxygen atoms in total. The molecule has 11 rings (SSSR count). The van der Waals surface area contributed by atoms with Crippen LogP contribution in [0.4, 0.5) is 51.4 Å². The van der Waals surface area contributed by atoms with Crippen LogP contribution in [0.2, 0.25) is 0 Å². The van der Waals surface area contributed by atoms with Gasteiger partial charge in [-0.3, -0.25) is 9.80 Å². The summed E-state index contributed by atoms with van der Waals surface area (Å²) in [5.74, 6) is 0.998. The van der Waals surface area contributed by atoms with Gasteiger partial charge in [-0.1, -0.05) is 80.5 Å². The molecule has 423 valence electrons. The van der Waals surface area contributed by atoms with Gasteiger partial charge in [-0.05, 0) is 106 Å². The van der Waals surface area contributed by atoms with Crippen molar-refractivity contribution in [2.75, 3.05) is 122 Å². The molecule has 7 heterocycles. The van der Waals surface area contributed by atoms with E-state index in [2.05, 4.69) is 59.8 Å². The van der Waals surface area contributed by atoms with Crippen LogP contribution in [0.25, 0.3) is 5.73 Å². The molecule has 30 heteroatoms. The number of hydrogen-bond acceptors (Lipinski definition) is 21. The molecule has 6 aromatic rings. The van der Waals surface area contributed by atoms with Crippen LogP contribution in [0.1, 0.15) is 16.9 Å². The number of rotatable bonds is 13. The Labute approximate surface area is 530 Å². The van der Waals surface area contributed by atoms with Crippen molar-refractivity contribution in [3.05, 3.63) is 112 Å². The summed E-state index contributed by atoms with van der Waals surface area (Å²) in [5.41, 5.74) is 9.35. The number of ether oxygens (including phenoxy) is 4. The van der Waals surface area contributed by atoms with Crippen LogP contribution >= 0.6 is 65.8 Å². The minimum absolute atomic E-state index is 0. The van der Waals surface area contributed by atoms with E-state index in [1.807, 2.05) is 69.9 Å². The van der Waals surface area contributed by atoms with E-state index in [9.17, 15) is 18.4 Å². The Morgan fingerprint density at radius 3 is 1.38 bits per heavy atom. The van der Waals surface area contributed by atoms with Crippen molar-refractivity contribution in [3.63, 3.8) is 0 Å². The SMILES string of the molecule is CC(=S)NC[C@H]1CN(c2ccc(N3CCN(c4nnc(C)s4)CC3)c(F)c2)C(=O)O1.COc1ccc(P2(=S)SP(=S)(c3ccc(OC)cc3)S2)cc1.Cc1nnc(N2CCN(c3ccc(N4C[C@H](C[NH-])OC4=O)cc3F)CC2)s1.[Ac]. The van der Waals surface area contributed by atoms with E-state index in [4.69, 9.17) is 60.5 Å². The number of carbonyl (C=O) groups is 2. The number of anilines is 6. The molecule has 0 spiro atoms. The largest absolute Gasteiger partial charge is 0.674 e. The average molecular weight is 1470 g/mol. The van der Waals surface area contributed by atoms with Crippen molar-refractivity contribution < 1.29 is 81.4 Å². The maximum Gasteiger partial charge on any atom is 0.414 e. The predicted molar refractivity (Wildman–Crippen MR) is 331 cm³/mol. The normalized spacial score (nSPS) is 21.5. The Hall–Kier alpha value is -3.51. The molecule has 0 unspecified atom stereocenters. The number of nitrogens with one attached hydrogen (secondary N) is 2. The topological polar surface area (TPSA) is 178 Å². The molecule has 0 aliphatic carbocycles. The number of thiocarbonyl (C=S) groups is 1. The molecule has 4 aromatic carbocycles. The molecule has 0 bridgehead atoms. The summed E-state index contributed by atoms with van der Waals surface area (Å²) in [6.45, 7) is 12.4. The third-order valence-corrected chi connectivity index (χ3v) is 46.2. The van der Waals surface area contributed by atoms with Crippen LogP contribution in [0.3, 0.4) is 0 Å². The van der Waals surface area contributed by atoms with Crippen LogP contribution < -0.4 is 54.8 Å². The monoisotopic (exact) mass is 1470 g/mol. The molecule has 5 aliphatic rings. The molecule has 5 saturated heterocycles. The van der Waals surface area contributed by atoms with Gasteiger partial charge in [0.05, 0.1) is 70.5 Å². The molecule has 2 N–H and O–H groups in total. The summed E-state index contributed by atoms with van der Waals surface area (Å²) in [6.07, 6.45) is -1.79. The van der Waals surface area contributed by atoms with Crippen molar-refractivity contribution in [3.8, 4) is 11.5 Å². The second-order valence-corrected chi connectivity index (χ2v) is 42.6. The van der Waals surface area contributed by atoms with Gasteiger partial charge >= 0.3 is 12.2 Å². The smallest absolute Gasteiger partial charge is 0.414 e. The van der Waals surface area contributed by atoms with Gasteiger partial charge in [-0.2, -0.15) is 0 Å². The molecular formula is C50H57AcF2N12O6P2S7-. The Morgan fingerprint density at radius 2 is 1.04 bits per heavy atom. The number of aryl methyl sites for hydroxylation is 2. The Morgan fingerprint density at radius 1 is 0.650 bits per heavy atom. The number of carbonyl (C=O) groups excluding carboxylic acids is 2. The van der Waals surface area contributed by atoms with Crippen molar-refractivity contribution in [1.29, 1.82) is 0 Å². The van der Waals surface area contributed by atoms with Gasteiger partial charge in [0.25, 0.3) is 0 Å². The summed E-state index contributed by atoms with van der Waals surface area (Å²) < 4.78 is 47.1. The van der Waals surface area contributed by atoms with Crippen LogP contribution in [0.15, 0.2) is 84.9 Å². The van der Waals surface area contributed by atoms with Crippen molar-refractivity contribution >= 4 is 150 Å². The van der Waals surface area contributed by atoms with E-state index in [0.29, 0.717) is 67.0 Å². The second-order valence-electron chi connectivity index (χ2n) is 18.4. The number of hydrogen-bond donors (Lipinski definition) is 1. The summed E-state index contributed by atoms with van der Waals surface area (Å²) in [6, 6.07) is 25.9. The van der Waals surface area contributed by atoms with Gasteiger partial charge in [0.15, 0.2) is 0 Å². The van der Waals surface area contributed by atoms with Gasteiger partial charge in [-0.15, -0.1) is 26.9 Å². The Bertz CT molecular complexity index is 3170. The van der Waals surface area contributed by atoms with Crippen molar-refractivity contribution in [2.24, 2.45) is 0 Å². The van der Waals surface area contributed by atoms with Crippen LogP contribution in [0.5, 0.6) is 11.5 Å². The number of piperazine rings is 2. The number of amides is 2. The Balaban J connectivity index is 0.000000159. The molecule has 1 radical (unpaired) electrons. The number of cyclic esters (lactones) is 2. The molecule has 80 heavy (non-hydrogen) atoms. The fraction of sp³-hybridized carbons (Fsp3) is 0.380. The first-order chi connectivity index (χ1) is 37.9. The van der Waals surface area contributed by atoms with Gasteiger partial charge in [0.2, 0.25) is 10.3 Å². The first-order valence-corrected chi connectivity index (χ1v) is 36.6. The molecule has 0 saturated carbocycles. The van der Waals surface area contributed by atoms with Crippen molar-refractivity contribution in [2.45, 2.75) is 33.0 Å². The number of benzene rings is 4. The van der Waals surface area contributed by atoms with Gasteiger partial charge in [-0.25, -0.2) is 18.4 Å². The van der Waals surface area contributed by atoms with E-state index in [1.165, 1.54) is 32.5 Å². The van der Waals surface area contributed by atoms with E-state index >= 15 is 0 Å². The van der Waals surface area contributed by atoms with Gasteiger partial charge < -0.3 is 49.6 Å². The van der Waals surface area contributed by atoms with Crippen LogP contribution in [-0.4, -0.2) is 143 Å². The standard InChI is InChI=1S/C19H23FN6O2S2.C17H20FN6O2S.C14H14O2P2S4.Ac/c1-12(29)21-10-15-11-26(19(27)28-15)14-3-4-17(16(20)9-14)24-5-7-25(8-6-24)18-23-22-13(2)30-18;1-11-20-21-16(27-11)23-6-4-22(5-7-23)15-3-2-12(8-14(15)18)24-10-13(9-19)26-17(24)25;1-15-11-3-7-13(8-4-11)17(19)21-18(20,22-17)14-9-5-12(16-2)6-10-14;/h3-4,9,15H,5-8,10-11H2,1-2H3,(H,21,29);2-3,8,13,19H,4-7,9-10H2,1H3;3-10H,1-2H3;/q;-1;;/t15-;13-;;/m00../s1. The maximum absolute atomic E-state index is 14.9. The van der Waals surface area contributed by atoms with Crippen LogP contribution in [0, 0.1) is 69.5 Å². The minimum Gasteiger partial charge on any atom is -0.674 e. The third-order valence-electron chi connectivity index (χ3n) is 13.1. The first kappa shape index (κ1) is 62.5. The fourth-order valence-corrected chi connectivity index (χ4v) is 52.7. The van der Waals surface area contributed by atoms with E-state index in [1.54, 1.807) is 68.1 Å². The zero-order valence-corrected chi connectivity index (χ0v) is 56.5. The summed E-state index contributed by atoms with van der Waals surface area (Å²) in [7, 11) is 3.34. The number of halogens is 2. The van der Waals surface area contributed by atoms with Gasteiger partial charge in [0, 0.05) is 107 Å². The summed E-state index contributed by atoms with van der Waals surface area (Å²) in [4.78, 5) is 35.9. The van der Waals surface area contributed by atoms with E-state index in [-0.39, 0.29) is 74.9 Å². The average Bonchev–Trinajstić information content (AvgIpc) is 4.37. The fourth-order valence-electron chi connectivity index (χ4n) is 8.89. The van der Waals surface area contributed by atoms with E-state index < -0.39 is 27.2 Å². The Kier molecular flexibility index (Phi) is 21.8. The van der Waals surface area contributed by atoms with Crippen LogP contribution in [-0.2, 0) is 33.1 Å². The van der Waals surface area contributed by atoms with Crippen molar-refractivity contribution in [1.82, 2.24) is 25.7 Å². The number of methoxy groups -OCH3 is 2. The molecule has 2 atom stereocenters. The van der Waals surface area contributed by atoms with E-state index in [0.717, 1.165) is 58.0 Å². The zero-order chi connectivity index (χ0) is 56.0. The summed E-state index contributed by atoms with van der Waals surface area (Å²) in [5, 5.41) is 25.6. The molecule has 2 amide bonds. The second kappa shape index (κ2) is 27.9. The first-order valence-electron chi connectivity index (χ1n) is 24.9. The predicted octanol–water partition coefficient (Wildman–Crippen LogP) is 10.0. The molecule has 5 fully saturated rings. The van der Waals surface area contributed by atoms with Gasteiger partial charge in [0.1, 0.15) is 45.4 Å². The summed E-state index contributed by atoms with van der Waals surface area (Å²) >= 11 is 23.6. The zero-order valence-electron chi connectivity index (χ0n) is 44.2. The quantitative estimate of drug-likeness (QED) is 0.0852. The number of aromatic nitrogens is 4. The molecule has 2 aromatic heterocycles.